The van der Waals surface area contributed by atoms with Gasteiger partial charge in [-0.15, -0.1) is 0 Å². The van der Waals surface area contributed by atoms with Gasteiger partial charge in [0.1, 0.15) is 19.1 Å². The summed E-state index contributed by atoms with van der Waals surface area (Å²) in [5.41, 5.74) is 5.01. The first kappa shape index (κ1) is 26.4. The second-order valence-corrected chi connectivity index (χ2v) is 9.43. The number of amides is 1. The van der Waals surface area contributed by atoms with E-state index in [2.05, 4.69) is 36.2 Å². The molecule has 2 aliphatic rings. The number of ether oxygens (including phenoxy) is 3. The van der Waals surface area contributed by atoms with Gasteiger partial charge in [0, 0.05) is 17.8 Å². The number of nitrogens with one attached hydrogen (secondary N) is 1. The molecule has 2 aliphatic heterocycles. The first-order chi connectivity index (χ1) is 19.0. The minimum atomic E-state index is -0.672. The minimum absolute atomic E-state index is 0.210. The zero-order valence-electron chi connectivity index (χ0n) is 22.5. The van der Waals surface area contributed by atoms with Gasteiger partial charge in [-0.2, -0.15) is 0 Å². The Balaban J connectivity index is 1.55. The van der Waals surface area contributed by atoms with Crippen LogP contribution in [0.2, 0.25) is 0 Å². The summed E-state index contributed by atoms with van der Waals surface area (Å²) in [7, 11) is 0. The van der Waals surface area contributed by atoms with Crippen LogP contribution in [0.5, 0.6) is 11.5 Å². The van der Waals surface area contributed by atoms with Crippen molar-refractivity contribution in [3.05, 3.63) is 82.9 Å². The average Bonchev–Trinajstić information content (AvgIpc) is 3.29. The van der Waals surface area contributed by atoms with Crippen molar-refractivity contribution in [1.29, 1.82) is 0 Å². The molecule has 202 valence electrons. The van der Waals surface area contributed by atoms with E-state index >= 15 is 0 Å². The number of anilines is 1. The van der Waals surface area contributed by atoms with E-state index in [1.54, 1.807) is 25.1 Å². The van der Waals surface area contributed by atoms with Crippen molar-refractivity contribution < 1.29 is 23.8 Å². The van der Waals surface area contributed by atoms with Gasteiger partial charge >= 0.3 is 5.97 Å². The van der Waals surface area contributed by atoms with Gasteiger partial charge in [-0.3, -0.25) is 14.7 Å². The molecule has 1 atom stereocenters. The fraction of sp³-hybridized carbons (Fsp3) is 0.323. The van der Waals surface area contributed by atoms with Gasteiger partial charge in [0.05, 0.1) is 23.6 Å². The molecule has 8 heteroatoms. The van der Waals surface area contributed by atoms with E-state index < -0.39 is 11.9 Å². The van der Waals surface area contributed by atoms with E-state index in [9.17, 15) is 9.59 Å². The molecule has 0 aromatic heterocycles. The highest BCUT2D eigenvalue weighted by atomic mass is 16.6. The summed E-state index contributed by atoms with van der Waals surface area (Å²) in [6.07, 6.45) is 0. The van der Waals surface area contributed by atoms with Crippen LogP contribution in [-0.4, -0.2) is 55.4 Å². The van der Waals surface area contributed by atoms with Gasteiger partial charge in [0.2, 0.25) is 5.91 Å². The Labute approximate surface area is 228 Å². The number of aliphatic imine (C=N–C) groups is 1. The van der Waals surface area contributed by atoms with Crippen molar-refractivity contribution in [2.45, 2.75) is 33.2 Å². The molecule has 3 aromatic carbocycles. The van der Waals surface area contributed by atoms with Crippen molar-refractivity contribution in [3.63, 3.8) is 0 Å². The molecule has 2 heterocycles. The van der Waals surface area contributed by atoms with Crippen LogP contribution in [0.3, 0.4) is 0 Å². The van der Waals surface area contributed by atoms with Crippen molar-refractivity contribution in [2.75, 3.05) is 38.2 Å². The lowest BCUT2D eigenvalue weighted by molar-refractivity contribution is -0.115. The lowest BCUT2D eigenvalue weighted by atomic mass is 9.90. The molecule has 5 rings (SSSR count). The molecule has 0 spiro atoms. The molecule has 0 saturated heterocycles. The number of carbonyl (C=O) groups is 2. The third-order valence-electron chi connectivity index (χ3n) is 6.99. The van der Waals surface area contributed by atoms with E-state index in [4.69, 9.17) is 19.2 Å². The molecule has 0 saturated carbocycles. The molecule has 1 N–H and O–H groups in total. The van der Waals surface area contributed by atoms with Crippen LogP contribution < -0.4 is 14.8 Å². The van der Waals surface area contributed by atoms with Gasteiger partial charge in [-0.1, -0.05) is 32.0 Å². The van der Waals surface area contributed by atoms with Gasteiger partial charge in [-0.25, -0.2) is 4.79 Å². The third-order valence-corrected chi connectivity index (χ3v) is 6.99. The zero-order chi connectivity index (χ0) is 27.4. The molecule has 39 heavy (non-hydrogen) atoms. The Morgan fingerprint density at radius 2 is 1.67 bits per heavy atom. The third kappa shape index (κ3) is 5.66. The summed E-state index contributed by atoms with van der Waals surface area (Å²) in [4.78, 5) is 33.1. The standard InChI is InChI=1S/C31H33N3O5/c1-4-34(5-2)19-20-7-11-23(12-8-20)32-29(21-10-14-26-27(18-21)39-16-15-38-26)28-24-13-9-22(31(36)37-6-3)17-25(24)33-30(28)35/h7-14,17-18,28H,4-6,15-16,19H2,1-3H3,(H,33,35). The quantitative estimate of drug-likeness (QED) is 0.299. The molecule has 0 radical (unpaired) electrons. The Hall–Kier alpha value is -4.17. The highest BCUT2D eigenvalue weighted by Crippen LogP contribution is 2.39. The number of hydrogen-bond donors (Lipinski definition) is 1. The van der Waals surface area contributed by atoms with E-state index in [-0.39, 0.29) is 12.5 Å². The minimum Gasteiger partial charge on any atom is -0.486 e. The number of benzene rings is 3. The van der Waals surface area contributed by atoms with Crippen molar-refractivity contribution >= 4 is 29.0 Å². The number of carbonyl (C=O) groups excluding carboxylic acids is 2. The van der Waals surface area contributed by atoms with Gasteiger partial charge < -0.3 is 19.5 Å². The van der Waals surface area contributed by atoms with Crippen LogP contribution in [0.1, 0.15) is 53.7 Å². The molecular formula is C31H33N3O5. The average molecular weight is 528 g/mol. The van der Waals surface area contributed by atoms with E-state index in [0.29, 0.717) is 41.7 Å². The van der Waals surface area contributed by atoms with E-state index in [1.807, 2.05) is 30.3 Å². The Kier molecular flexibility index (Phi) is 7.93. The highest BCUT2D eigenvalue weighted by molar-refractivity contribution is 6.24. The number of hydrogen-bond acceptors (Lipinski definition) is 7. The van der Waals surface area contributed by atoms with Crippen LogP contribution in [0.15, 0.2) is 65.7 Å². The summed E-state index contributed by atoms with van der Waals surface area (Å²) in [6.45, 7) is 10.1. The molecule has 0 aliphatic carbocycles. The lowest BCUT2D eigenvalue weighted by Crippen LogP contribution is -2.22. The molecular weight excluding hydrogens is 494 g/mol. The molecule has 8 nitrogen and oxygen atoms in total. The smallest absolute Gasteiger partial charge is 0.338 e. The topological polar surface area (TPSA) is 89.5 Å². The number of nitrogens with zero attached hydrogens (tertiary/aromatic N) is 2. The zero-order valence-corrected chi connectivity index (χ0v) is 22.5. The summed E-state index contributed by atoms with van der Waals surface area (Å²) in [5.74, 6) is -0.0201. The summed E-state index contributed by atoms with van der Waals surface area (Å²) < 4.78 is 16.7. The second-order valence-electron chi connectivity index (χ2n) is 9.43. The highest BCUT2D eigenvalue weighted by Gasteiger charge is 2.36. The van der Waals surface area contributed by atoms with E-state index in [1.165, 1.54) is 5.56 Å². The lowest BCUT2D eigenvalue weighted by Gasteiger charge is -2.20. The van der Waals surface area contributed by atoms with Crippen LogP contribution >= 0.6 is 0 Å². The number of esters is 1. The van der Waals surface area contributed by atoms with Gasteiger partial charge in [0.15, 0.2) is 11.5 Å². The predicted octanol–water partition coefficient (Wildman–Crippen LogP) is 5.33. The maximum absolute atomic E-state index is 13.4. The molecule has 0 fully saturated rings. The van der Waals surface area contributed by atoms with Crippen molar-refractivity contribution in [1.82, 2.24) is 4.90 Å². The Morgan fingerprint density at radius 1 is 0.949 bits per heavy atom. The molecule has 3 aromatic rings. The van der Waals surface area contributed by atoms with Gasteiger partial charge in [-0.05, 0) is 73.6 Å². The van der Waals surface area contributed by atoms with Crippen molar-refractivity contribution in [3.8, 4) is 11.5 Å². The summed E-state index contributed by atoms with van der Waals surface area (Å²) >= 11 is 0. The van der Waals surface area contributed by atoms with E-state index in [0.717, 1.165) is 36.4 Å². The fourth-order valence-electron chi connectivity index (χ4n) is 4.89. The second kappa shape index (κ2) is 11.7. The maximum Gasteiger partial charge on any atom is 0.338 e. The number of rotatable bonds is 9. The van der Waals surface area contributed by atoms with Crippen LogP contribution in [0, 0.1) is 0 Å². The van der Waals surface area contributed by atoms with Gasteiger partial charge in [0.25, 0.3) is 0 Å². The fourth-order valence-corrected chi connectivity index (χ4v) is 4.89. The first-order valence-corrected chi connectivity index (χ1v) is 13.4. The summed E-state index contributed by atoms with van der Waals surface area (Å²) in [5, 5.41) is 2.94. The summed E-state index contributed by atoms with van der Waals surface area (Å²) in [6, 6.07) is 18.9. The predicted molar refractivity (Wildman–Crippen MR) is 150 cm³/mol. The largest absolute Gasteiger partial charge is 0.486 e. The first-order valence-electron chi connectivity index (χ1n) is 13.4. The van der Waals surface area contributed by atoms with Crippen LogP contribution in [0.25, 0.3) is 0 Å². The molecule has 1 unspecified atom stereocenters. The van der Waals surface area contributed by atoms with Crippen LogP contribution in [-0.2, 0) is 16.1 Å². The normalized spacial score (nSPS) is 16.2. The maximum atomic E-state index is 13.4. The molecule has 1 amide bonds. The Morgan fingerprint density at radius 3 is 2.38 bits per heavy atom. The SMILES string of the molecule is CCOC(=O)c1ccc2c(c1)NC(=O)C2C(=Nc1ccc(CN(CC)CC)cc1)c1ccc2c(c1)OCCO2. The number of fused-ring (bicyclic) bond motifs is 2. The monoisotopic (exact) mass is 527 g/mol. The van der Waals surface area contributed by atoms with Crippen molar-refractivity contribution in [2.24, 2.45) is 4.99 Å². The molecule has 0 bridgehead atoms. The Bertz CT molecular complexity index is 1400. The van der Waals surface area contributed by atoms with Crippen LogP contribution in [0.4, 0.5) is 11.4 Å².